The highest BCUT2D eigenvalue weighted by atomic mass is 16.5. The van der Waals surface area contributed by atoms with Crippen molar-refractivity contribution in [1.29, 1.82) is 0 Å². The average molecular weight is 332 g/mol. The normalized spacial score (nSPS) is 16.0. The van der Waals surface area contributed by atoms with E-state index in [1.54, 1.807) is 30.3 Å². The van der Waals surface area contributed by atoms with Crippen LogP contribution in [0.3, 0.4) is 0 Å². The Bertz CT molecular complexity index is 568. The average Bonchev–Trinajstić information content (AvgIpc) is 2.61. The molecule has 1 aromatic rings. The largest absolute Gasteiger partial charge is 0.454 e. The Morgan fingerprint density at radius 1 is 1.12 bits per heavy atom. The van der Waals surface area contributed by atoms with Gasteiger partial charge in [-0.1, -0.05) is 37.5 Å². The van der Waals surface area contributed by atoms with Crippen LogP contribution < -0.4 is 10.6 Å². The highest BCUT2D eigenvalue weighted by Gasteiger charge is 2.20. The summed E-state index contributed by atoms with van der Waals surface area (Å²) >= 11 is 0. The predicted octanol–water partition coefficient (Wildman–Crippen LogP) is 1.80. The first-order valence-corrected chi connectivity index (χ1v) is 8.38. The van der Waals surface area contributed by atoms with Gasteiger partial charge in [-0.3, -0.25) is 9.59 Å². The molecule has 1 aliphatic carbocycles. The minimum atomic E-state index is -0.819. The minimum Gasteiger partial charge on any atom is -0.454 e. The number of carbonyl (C=O) groups excluding carboxylic acids is 3. The SMILES string of the molecule is CC(NC(=O)c1ccccc1)C(=O)OCC(=O)NC1CCCCC1. The van der Waals surface area contributed by atoms with E-state index in [-0.39, 0.29) is 24.5 Å². The van der Waals surface area contributed by atoms with Gasteiger partial charge in [0, 0.05) is 11.6 Å². The molecule has 0 aromatic heterocycles. The quantitative estimate of drug-likeness (QED) is 0.778. The Morgan fingerprint density at radius 2 is 1.79 bits per heavy atom. The molecular weight excluding hydrogens is 308 g/mol. The standard InChI is InChI=1S/C18H24N2O4/c1-13(19-17(22)14-8-4-2-5-9-14)18(23)24-12-16(21)20-15-10-6-3-7-11-15/h2,4-5,8-9,13,15H,3,6-7,10-12H2,1H3,(H,19,22)(H,20,21). The molecule has 24 heavy (non-hydrogen) atoms. The van der Waals surface area contributed by atoms with Crippen LogP contribution in [-0.4, -0.2) is 36.5 Å². The molecule has 130 valence electrons. The summed E-state index contributed by atoms with van der Waals surface area (Å²) in [5, 5.41) is 5.43. The van der Waals surface area contributed by atoms with Crippen LogP contribution in [0.15, 0.2) is 30.3 Å². The van der Waals surface area contributed by atoms with Crippen molar-refractivity contribution < 1.29 is 19.1 Å². The molecular formula is C18H24N2O4. The van der Waals surface area contributed by atoms with Gasteiger partial charge in [0.05, 0.1) is 0 Å². The van der Waals surface area contributed by atoms with E-state index in [2.05, 4.69) is 10.6 Å². The lowest BCUT2D eigenvalue weighted by Gasteiger charge is -2.22. The van der Waals surface area contributed by atoms with Crippen molar-refractivity contribution in [3.63, 3.8) is 0 Å². The Labute approximate surface area is 142 Å². The van der Waals surface area contributed by atoms with Crippen LogP contribution in [0.4, 0.5) is 0 Å². The van der Waals surface area contributed by atoms with Crippen molar-refractivity contribution in [3.05, 3.63) is 35.9 Å². The summed E-state index contributed by atoms with van der Waals surface area (Å²) in [7, 11) is 0. The molecule has 1 atom stereocenters. The second kappa shape index (κ2) is 9.05. The maximum absolute atomic E-state index is 12.0. The lowest BCUT2D eigenvalue weighted by Crippen LogP contribution is -2.42. The van der Waals surface area contributed by atoms with Crippen molar-refractivity contribution in [2.75, 3.05) is 6.61 Å². The zero-order chi connectivity index (χ0) is 17.4. The van der Waals surface area contributed by atoms with Crippen LogP contribution in [-0.2, 0) is 14.3 Å². The lowest BCUT2D eigenvalue weighted by atomic mass is 9.95. The number of esters is 1. The van der Waals surface area contributed by atoms with Crippen LogP contribution in [0.25, 0.3) is 0 Å². The van der Waals surface area contributed by atoms with E-state index in [4.69, 9.17) is 4.74 Å². The Balaban J connectivity index is 1.71. The third-order valence-corrected chi connectivity index (χ3v) is 4.05. The summed E-state index contributed by atoms with van der Waals surface area (Å²) < 4.78 is 4.98. The van der Waals surface area contributed by atoms with Gasteiger partial charge in [-0.2, -0.15) is 0 Å². The van der Waals surface area contributed by atoms with Crippen molar-refractivity contribution in [2.24, 2.45) is 0 Å². The van der Waals surface area contributed by atoms with Gasteiger partial charge in [-0.25, -0.2) is 4.79 Å². The van der Waals surface area contributed by atoms with Crippen LogP contribution in [0.5, 0.6) is 0 Å². The van der Waals surface area contributed by atoms with Crippen molar-refractivity contribution in [1.82, 2.24) is 10.6 Å². The van der Waals surface area contributed by atoms with Gasteiger partial charge in [0.1, 0.15) is 6.04 Å². The van der Waals surface area contributed by atoms with Crippen LogP contribution in [0, 0.1) is 0 Å². The Morgan fingerprint density at radius 3 is 2.46 bits per heavy atom. The molecule has 2 amide bonds. The van der Waals surface area contributed by atoms with E-state index in [0.717, 1.165) is 25.7 Å². The lowest BCUT2D eigenvalue weighted by molar-refractivity contribution is -0.150. The number of ether oxygens (including phenoxy) is 1. The zero-order valence-electron chi connectivity index (χ0n) is 13.9. The van der Waals surface area contributed by atoms with Gasteiger partial charge in [0.25, 0.3) is 11.8 Å². The number of hydrogen-bond donors (Lipinski definition) is 2. The Hall–Kier alpha value is -2.37. The summed E-state index contributed by atoms with van der Waals surface area (Å²) in [4.78, 5) is 35.7. The van der Waals surface area contributed by atoms with E-state index in [0.29, 0.717) is 5.56 Å². The minimum absolute atomic E-state index is 0.181. The molecule has 0 saturated heterocycles. The fourth-order valence-electron chi connectivity index (χ4n) is 2.71. The fourth-order valence-corrected chi connectivity index (χ4v) is 2.71. The molecule has 6 nitrogen and oxygen atoms in total. The van der Waals surface area contributed by atoms with Gasteiger partial charge in [0.2, 0.25) is 0 Å². The molecule has 1 aromatic carbocycles. The molecule has 1 unspecified atom stereocenters. The summed E-state index contributed by atoms with van der Waals surface area (Å²) in [5.74, 6) is -1.28. The molecule has 0 spiro atoms. The first kappa shape index (κ1) is 18.0. The number of carbonyl (C=O) groups is 3. The maximum Gasteiger partial charge on any atom is 0.328 e. The summed E-state index contributed by atoms with van der Waals surface area (Å²) in [6.07, 6.45) is 5.40. The number of nitrogens with one attached hydrogen (secondary N) is 2. The molecule has 2 N–H and O–H groups in total. The highest BCUT2D eigenvalue weighted by Crippen LogP contribution is 2.17. The third kappa shape index (κ3) is 5.68. The van der Waals surface area contributed by atoms with Crippen LogP contribution >= 0.6 is 0 Å². The van der Waals surface area contributed by atoms with E-state index in [9.17, 15) is 14.4 Å². The predicted molar refractivity (Wildman–Crippen MR) is 89.3 cm³/mol. The molecule has 0 radical (unpaired) electrons. The van der Waals surface area contributed by atoms with Gasteiger partial charge >= 0.3 is 5.97 Å². The van der Waals surface area contributed by atoms with Gasteiger partial charge < -0.3 is 15.4 Å². The number of benzene rings is 1. The van der Waals surface area contributed by atoms with E-state index < -0.39 is 12.0 Å². The molecule has 1 saturated carbocycles. The summed E-state index contributed by atoms with van der Waals surface area (Å²) in [6.45, 7) is 1.21. The topological polar surface area (TPSA) is 84.5 Å². The van der Waals surface area contributed by atoms with Crippen molar-refractivity contribution in [3.8, 4) is 0 Å². The zero-order valence-corrected chi connectivity index (χ0v) is 13.9. The van der Waals surface area contributed by atoms with E-state index in [1.807, 2.05) is 0 Å². The first-order valence-electron chi connectivity index (χ1n) is 8.38. The fraction of sp³-hybridized carbons (Fsp3) is 0.500. The van der Waals surface area contributed by atoms with Crippen LogP contribution in [0.2, 0.25) is 0 Å². The molecule has 1 fully saturated rings. The first-order chi connectivity index (χ1) is 11.6. The number of amides is 2. The number of rotatable bonds is 6. The highest BCUT2D eigenvalue weighted by molar-refractivity contribution is 5.96. The smallest absolute Gasteiger partial charge is 0.328 e. The monoisotopic (exact) mass is 332 g/mol. The van der Waals surface area contributed by atoms with Crippen molar-refractivity contribution in [2.45, 2.75) is 51.1 Å². The molecule has 6 heteroatoms. The number of hydrogen-bond acceptors (Lipinski definition) is 4. The van der Waals surface area contributed by atoms with Gasteiger partial charge in [0.15, 0.2) is 6.61 Å². The second-order valence-electron chi connectivity index (χ2n) is 6.07. The van der Waals surface area contributed by atoms with E-state index >= 15 is 0 Å². The molecule has 1 aliphatic rings. The summed E-state index contributed by atoms with van der Waals surface area (Å²) in [6, 6.07) is 7.97. The maximum atomic E-state index is 12.0. The molecule has 0 bridgehead atoms. The van der Waals surface area contributed by atoms with Gasteiger partial charge in [-0.15, -0.1) is 0 Å². The second-order valence-corrected chi connectivity index (χ2v) is 6.07. The molecule has 0 heterocycles. The molecule has 2 rings (SSSR count). The third-order valence-electron chi connectivity index (χ3n) is 4.05. The van der Waals surface area contributed by atoms with Gasteiger partial charge in [-0.05, 0) is 31.9 Å². The Kier molecular flexibility index (Phi) is 6.78. The van der Waals surface area contributed by atoms with Crippen molar-refractivity contribution >= 4 is 17.8 Å². The summed E-state index contributed by atoms with van der Waals surface area (Å²) in [5.41, 5.74) is 0.465. The van der Waals surface area contributed by atoms with E-state index in [1.165, 1.54) is 13.3 Å². The molecule has 0 aliphatic heterocycles. The van der Waals surface area contributed by atoms with Crippen LogP contribution in [0.1, 0.15) is 49.4 Å².